The van der Waals surface area contributed by atoms with E-state index < -0.39 is 5.97 Å². The van der Waals surface area contributed by atoms with Gasteiger partial charge >= 0.3 is 5.97 Å². The van der Waals surface area contributed by atoms with Gasteiger partial charge in [0.1, 0.15) is 0 Å². The molecular formula is C10H8BrNO2. The fourth-order valence-electron chi connectivity index (χ4n) is 1.46. The summed E-state index contributed by atoms with van der Waals surface area (Å²) in [5.74, 6) is -0.813. The van der Waals surface area contributed by atoms with Crippen molar-refractivity contribution in [1.82, 2.24) is 4.98 Å². The molecule has 3 nitrogen and oxygen atoms in total. The summed E-state index contributed by atoms with van der Waals surface area (Å²) in [7, 11) is 0. The molecule has 0 unspecified atom stereocenters. The summed E-state index contributed by atoms with van der Waals surface area (Å²) in [5, 5.41) is 9.68. The molecule has 4 heteroatoms. The maximum Gasteiger partial charge on any atom is 0.307 e. The second-order valence-corrected chi connectivity index (χ2v) is 3.94. The van der Waals surface area contributed by atoms with Crippen LogP contribution in [0.3, 0.4) is 0 Å². The molecule has 0 radical (unpaired) electrons. The Morgan fingerprint density at radius 1 is 1.50 bits per heavy atom. The van der Waals surface area contributed by atoms with Gasteiger partial charge in [0.25, 0.3) is 0 Å². The van der Waals surface area contributed by atoms with Crippen LogP contribution in [0.2, 0.25) is 0 Å². The van der Waals surface area contributed by atoms with E-state index in [1.807, 2.05) is 24.4 Å². The topological polar surface area (TPSA) is 53.1 Å². The first-order chi connectivity index (χ1) is 6.66. The van der Waals surface area contributed by atoms with Gasteiger partial charge in [0.2, 0.25) is 0 Å². The number of aliphatic carboxylic acids is 1. The van der Waals surface area contributed by atoms with Crippen LogP contribution in [0.4, 0.5) is 0 Å². The molecule has 1 aromatic heterocycles. The van der Waals surface area contributed by atoms with Crippen LogP contribution in [-0.2, 0) is 11.2 Å². The van der Waals surface area contributed by atoms with E-state index in [1.54, 1.807) is 0 Å². The van der Waals surface area contributed by atoms with Crippen LogP contribution >= 0.6 is 15.9 Å². The van der Waals surface area contributed by atoms with Crippen LogP contribution in [0, 0.1) is 0 Å². The minimum Gasteiger partial charge on any atom is -0.481 e. The molecule has 0 saturated heterocycles. The van der Waals surface area contributed by atoms with E-state index in [4.69, 9.17) is 5.11 Å². The molecule has 0 aliphatic heterocycles. The number of carboxylic acid groups (broad SMARTS) is 1. The Balaban J connectivity index is 2.53. The number of benzene rings is 1. The van der Waals surface area contributed by atoms with Gasteiger partial charge in [0.15, 0.2) is 0 Å². The van der Waals surface area contributed by atoms with Crippen LogP contribution in [-0.4, -0.2) is 16.1 Å². The molecule has 2 rings (SSSR count). The standard InChI is InChI=1S/C10H8BrNO2/c11-8-4-6(5-9(13)14)3-7-1-2-12-10(7)8/h1-4,12H,5H2,(H,13,14). The highest BCUT2D eigenvalue weighted by molar-refractivity contribution is 9.10. The number of rotatable bonds is 2. The number of H-pyrrole nitrogens is 1. The van der Waals surface area contributed by atoms with Gasteiger partial charge in [-0.3, -0.25) is 4.79 Å². The molecule has 72 valence electrons. The van der Waals surface area contributed by atoms with E-state index >= 15 is 0 Å². The lowest BCUT2D eigenvalue weighted by atomic mass is 10.1. The Morgan fingerprint density at radius 2 is 2.29 bits per heavy atom. The molecule has 2 N–H and O–H groups in total. The highest BCUT2D eigenvalue weighted by atomic mass is 79.9. The molecular weight excluding hydrogens is 246 g/mol. The number of halogens is 1. The molecule has 1 aromatic carbocycles. The van der Waals surface area contributed by atoms with Crippen LogP contribution in [0.15, 0.2) is 28.9 Å². The number of fused-ring (bicyclic) bond motifs is 1. The van der Waals surface area contributed by atoms with Gasteiger partial charge in [-0.05, 0) is 39.7 Å². The largest absolute Gasteiger partial charge is 0.481 e. The van der Waals surface area contributed by atoms with Gasteiger partial charge in [-0.15, -0.1) is 0 Å². The number of aromatic amines is 1. The van der Waals surface area contributed by atoms with Crippen molar-refractivity contribution in [3.05, 3.63) is 34.4 Å². The number of hydrogen-bond acceptors (Lipinski definition) is 1. The molecule has 0 amide bonds. The van der Waals surface area contributed by atoms with Crippen molar-refractivity contribution in [3.63, 3.8) is 0 Å². The van der Waals surface area contributed by atoms with Crippen molar-refractivity contribution in [1.29, 1.82) is 0 Å². The Hall–Kier alpha value is -1.29. The molecule has 0 bridgehead atoms. The summed E-state index contributed by atoms with van der Waals surface area (Å²) in [6.07, 6.45) is 1.89. The maximum absolute atomic E-state index is 10.5. The van der Waals surface area contributed by atoms with E-state index in [1.165, 1.54) is 0 Å². The fraction of sp³-hybridized carbons (Fsp3) is 0.100. The zero-order valence-corrected chi connectivity index (χ0v) is 8.84. The third-order valence-electron chi connectivity index (χ3n) is 2.03. The molecule has 0 aliphatic rings. The second kappa shape index (κ2) is 3.46. The average Bonchev–Trinajstić information content (AvgIpc) is 2.50. The normalized spacial score (nSPS) is 10.6. The number of aromatic nitrogens is 1. The smallest absolute Gasteiger partial charge is 0.307 e. The third-order valence-corrected chi connectivity index (χ3v) is 2.65. The third kappa shape index (κ3) is 1.65. The lowest BCUT2D eigenvalue weighted by molar-refractivity contribution is -0.136. The van der Waals surface area contributed by atoms with Crippen molar-refractivity contribution >= 4 is 32.8 Å². The molecule has 0 spiro atoms. The van der Waals surface area contributed by atoms with E-state index in [-0.39, 0.29) is 6.42 Å². The van der Waals surface area contributed by atoms with Crippen LogP contribution in [0.1, 0.15) is 5.56 Å². The van der Waals surface area contributed by atoms with Gasteiger partial charge in [0, 0.05) is 16.1 Å². The van der Waals surface area contributed by atoms with Crippen LogP contribution in [0.5, 0.6) is 0 Å². The van der Waals surface area contributed by atoms with Gasteiger partial charge in [-0.2, -0.15) is 0 Å². The molecule has 0 aliphatic carbocycles. The highest BCUT2D eigenvalue weighted by Crippen LogP contribution is 2.24. The number of nitrogens with one attached hydrogen (secondary N) is 1. The first-order valence-electron chi connectivity index (χ1n) is 4.14. The molecule has 14 heavy (non-hydrogen) atoms. The molecule has 0 saturated carbocycles. The van der Waals surface area contributed by atoms with Gasteiger partial charge in [-0.1, -0.05) is 0 Å². The first-order valence-corrected chi connectivity index (χ1v) is 4.93. The van der Waals surface area contributed by atoms with Crippen molar-refractivity contribution in [3.8, 4) is 0 Å². The van der Waals surface area contributed by atoms with E-state index in [0.29, 0.717) is 0 Å². The van der Waals surface area contributed by atoms with Crippen molar-refractivity contribution in [2.45, 2.75) is 6.42 Å². The van der Waals surface area contributed by atoms with Gasteiger partial charge in [0.05, 0.1) is 11.9 Å². The predicted molar refractivity (Wildman–Crippen MR) is 57.3 cm³/mol. The summed E-state index contributed by atoms with van der Waals surface area (Å²) in [6.45, 7) is 0. The van der Waals surface area contributed by atoms with Gasteiger partial charge < -0.3 is 10.1 Å². The fourth-order valence-corrected chi connectivity index (χ4v) is 2.10. The Labute approximate surface area is 88.9 Å². The van der Waals surface area contributed by atoms with Crippen LogP contribution < -0.4 is 0 Å². The number of carbonyl (C=O) groups is 1. The summed E-state index contributed by atoms with van der Waals surface area (Å²) in [6, 6.07) is 5.63. The van der Waals surface area contributed by atoms with Crippen LogP contribution in [0.25, 0.3) is 10.9 Å². The minimum atomic E-state index is -0.813. The lowest BCUT2D eigenvalue weighted by Crippen LogP contribution is -1.99. The average molecular weight is 254 g/mol. The number of carboxylic acids is 1. The Morgan fingerprint density at radius 3 is 3.00 bits per heavy atom. The zero-order valence-electron chi connectivity index (χ0n) is 7.25. The second-order valence-electron chi connectivity index (χ2n) is 3.09. The quantitative estimate of drug-likeness (QED) is 0.865. The molecule has 0 fully saturated rings. The monoisotopic (exact) mass is 253 g/mol. The summed E-state index contributed by atoms with van der Waals surface area (Å²) in [5.41, 5.74) is 1.80. The van der Waals surface area contributed by atoms with Crippen molar-refractivity contribution in [2.75, 3.05) is 0 Å². The van der Waals surface area contributed by atoms with E-state index in [9.17, 15) is 4.79 Å². The molecule has 1 heterocycles. The molecule has 0 atom stereocenters. The highest BCUT2D eigenvalue weighted by Gasteiger charge is 2.05. The molecule has 2 aromatic rings. The Kier molecular flexibility index (Phi) is 2.29. The van der Waals surface area contributed by atoms with Crippen molar-refractivity contribution in [2.24, 2.45) is 0 Å². The van der Waals surface area contributed by atoms with E-state index in [2.05, 4.69) is 20.9 Å². The van der Waals surface area contributed by atoms with Gasteiger partial charge in [-0.25, -0.2) is 0 Å². The summed E-state index contributed by atoms with van der Waals surface area (Å²) in [4.78, 5) is 13.6. The summed E-state index contributed by atoms with van der Waals surface area (Å²) < 4.78 is 0.899. The lowest BCUT2D eigenvalue weighted by Gasteiger charge is -2.00. The number of hydrogen-bond donors (Lipinski definition) is 2. The predicted octanol–water partition coefficient (Wildman–Crippen LogP) is 2.56. The zero-order chi connectivity index (χ0) is 10.1. The Bertz CT molecular complexity index is 490. The minimum absolute atomic E-state index is 0.0553. The first kappa shape index (κ1) is 9.27. The summed E-state index contributed by atoms with van der Waals surface area (Å²) >= 11 is 3.39. The van der Waals surface area contributed by atoms with E-state index in [0.717, 1.165) is 20.9 Å². The SMILES string of the molecule is O=C(O)Cc1cc(Br)c2[nH]ccc2c1. The maximum atomic E-state index is 10.5. The van der Waals surface area contributed by atoms with Crippen molar-refractivity contribution < 1.29 is 9.90 Å².